The van der Waals surface area contributed by atoms with Gasteiger partial charge in [0.2, 0.25) is 0 Å². The molecule has 0 aromatic heterocycles. The molecule has 1 rings (SSSR count). The third kappa shape index (κ3) is 5.18. The fourth-order valence-corrected chi connectivity index (χ4v) is 3.30. The molecule has 0 heterocycles. The van der Waals surface area contributed by atoms with Crippen LogP contribution in [0.1, 0.15) is 64.6 Å². The Morgan fingerprint density at radius 2 is 1.64 bits per heavy atom. The predicted molar refractivity (Wildman–Crippen MR) is 95.0 cm³/mol. The molecular weight excluding hydrogens is 294 g/mol. The van der Waals surface area contributed by atoms with E-state index in [1.54, 1.807) is 0 Å². The summed E-state index contributed by atoms with van der Waals surface area (Å²) in [6.07, 6.45) is 1.26. The molecule has 1 aromatic rings. The Balaban J connectivity index is 3.09. The monoisotopic (exact) mass is 325 g/mol. The molecule has 0 fully saturated rings. The summed E-state index contributed by atoms with van der Waals surface area (Å²) in [6, 6.07) is 7.77. The van der Waals surface area contributed by atoms with Crippen molar-refractivity contribution in [1.82, 2.24) is 4.72 Å². The molecule has 22 heavy (non-hydrogen) atoms. The van der Waals surface area contributed by atoms with Crippen LogP contribution < -0.4 is 4.72 Å². The Morgan fingerprint density at radius 1 is 1.14 bits per heavy atom. The number of aryl methyl sites for hydroxylation is 1. The lowest BCUT2D eigenvalue weighted by atomic mass is 9.88. The minimum Gasteiger partial charge on any atom is -0.391 e. The van der Waals surface area contributed by atoms with Gasteiger partial charge in [-0.1, -0.05) is 56.5 Å². The van der Waals surface area contributed by atoms with Crippen molar-refractivity contribution in [2.45, 2.75) is 71.3 Å². The number of hydrogen-bond acceptors (Lipinski definition) is 2. The number of rotatable bonds is 7. The highest BCUT2D eigenvalue weighted by Gasteiger charge is 2.31. The van der Waals surface area contributed by atoms with E-state index in [-0.39, 0.29) is 16.7 Å². The Kier molecular flexibility index (Phi) is 7.23. The van der Waals surface area contributed by atoms with Crippen molar-refractivity contribution in [2.24, 2.45) is 5.92 Å². The summed E-state index contributed by atoms with van der Waals surface area (Å²) in [7, 11) is -1.22. The fraction of sp³-hybridized carbons (Fsp3) is 0.667. The molecule has 0 aliphatic carbocycles. The van der Waals surface area contributed by atoms with Gasteiger partial charge in [-0.15, -0.1) is 0 Å². The minimum absolute atomic E-state index is 0.191. The first kappa shape index (κ1) is 19.3. The summed E-state index contributed by atoms with van der Waals surface area (Å²) in [5.41, 5.74) is 2.17. The summed E-state index contributed by atoms with van der Waals surface area (Å²) in [6.45, 7) is 12.0. The van der Waals surface area contributed by atoms with Gasteiger partial charge in [-0.3, -0.25) is 0 Å². The third-order valence-electron chi connectivity index (χ3n) is 4.10. The van der Waals surface area contributed by atoms with Crippen molar-refractivity contribution >= 4 is 11.0 Å². The molecule has 0 spiro atoms. The van der Waals surface area contributed by atoms with Crippen LogP contribution in [-0.4, -0.2) is 20.2 Å². The molecule has 1 aromatic carbocycles. The quantitative estimate of drug-likeness (QED) is 0.799. The van der Waals surface area contributed by atoms with E-state index in [9.17, 15) is 9.32 Å². The van der Waals surface area contributed by atoms with Crippen LogP contribution in [0.2, 0.25) is 0 Å². The SMILES string of the molecule is CCC(CC)[C@@H](O)[C@@H](NS(=O)C(C)(C)C)c1ccc(C)cc1. The molecule has 0 aliphatic rings. The van der Waals surface area contributed by atoms with Crippen molar-refractivity contribution in [3.8, 4) is 0 Å². The average Bonchev–Trinajstić information content (AvgIpc) is 2.45. The van der Waals surface area contributed by atoms with Gasteiger partial charge in [-0.05, 0) is 39.2 Å². The lowest BCUT2D eigenvalue weighted by molar-refractivity contribution is 0.0721. The van der Waals surface area contributed by atoms with Gasteiger partial charge in [-0.2, -0.15) is 0 Å². The third-order valence-corrected chi connectivity index (χ3v) is 5.68. The molecule has 4 heteroatoms. The van der Waals surface area contributed by atoms with Crippen molar-refractivity contribution in [3.05, 3.63) is 35.4 Å². The lowest BCUT2D eigenvalue weighted by Crippen LogP contribution is -2.42. The molecule has 2 N–H and O–H groups in total. The smallest absolute Gasteiger partial charge is 0.0976 e. The van der Waals surface area contributed by atoms with E-state index < -0.39 is 17.1 Å². The fourth-order valence-electron chi connectivity index (χ4n) is 2.44. The van der Waals surface area contributed by atoms with E-state index in [0.29, 0.717) is 0 Å². The van der Waals surface area contributed by atoms with Crippen LogP contribution in [0.25, 0.3) is 0 Å². The number of nitrogens with one attached hydrogen (secondary N) is 1. The van der Waals surface area contributed by atoms with Crippen LogP contribution in [0, 0.1) is 12.8 Å². The van der Waals surface area contributed by atoms with E-state index >= 15 is 0 Å². The van der Waals surface area contributed by atoms with Crippen LogP contribution in [-0.2, 0) is 11.0 Å². The number of aliphatic hydroxyl groups is 1. The van der Waals surface area contributed by atoms with Crippen LogP contribution in [0.15, 0.2) is 24.3 Å². The first-order chi connectivity index (χ1) is 10.2. The molecule has 0 amide bonds. The minimum atomic E-state index is -1.22. The van der Waals surface area contributed by atoms with Crippen LogP contribution in [0.3, 0.4) is 0 Å². The summed E-state index contributed by atoms with van der Waals surface area (Å²) in [5.74, 6) is 0.191. The normalized spacial score (nSPS) is 16.5. The number of aliphatic hydroxyl groups excluding tert-OH is 1. The number of benzene rings is 1. The van der Waals surface area contributed by atoms with E-state index in [4.69, 9.17) is 0 Å². The molecule has 0 bridgehead atoms. The van der Waals surface area contributed by atoms with Gasteiger partial charge in [0.15, 0.2) is 0 Å². The topological polar surface area (TPSA) is 49.3 Å². The summed E-state index contributed by atoms with van der Waals surface area (Å²) in [4.78, 5) is 0. The van der Waals surface area contributed by atoms with Gasteiger partial charge in [-0.25, -0.2) is 8.93 Å². The van der Waals surface area contributed by atoms with Gasteiger partial charge < -0.3 is 5.11 Å². The first-order valence-corrected chi connectivity index (χ1v) is 9.28. The van der Waals surface area contributed by atoms with Crippen molar-refractivity contribution < 1.29 is 9.32 Å². The van der Waals surface area contributed by atoms with E-state index in [2.05, 4.69) is 18.6 Å². The van der Waals surface area contributed by atoms with Crippen LogP contribution >= 0.6 is 0 Å². The molecule has 0 radical (unpaired) electrons. The Morgan fingerprint density at radius 3 is 2.05 bits per heavy atom. The molecule has 0 saturated heterocycles. The second-order valence-corrected chi connectivity index (χ2v) is 8.95. The summed E-state index contributed by atoms with van der Waals surface area (Å²) >= 11 is 0. The molecule has 1 unspecified atom stereocenters. The number of hydrogen-bond donors (Lipinski definition) is 2. The van der Waals surface area contributed by atoms with E-state index in [1.165, 1.54) is 5.56 Å². The van der Waals surface area contributed by atoms with Crippen molar-refractivity contribution in [2.75, 3.05) is 0 Å². The van der Waals surface area contributed by atoms with Crippen LogP contribution in [0.5, 0.6) is 0 Å². The van der Waals surface area contributed by atoms with Crippen molar-refractivity contribution in [1.29, 1.82) is 0 Å². The Labute approximate surface area is 138 Å². The van der Waals surface area contributed by atoms with Gasteiger partial charge in [0, 0.05) is 0 Å². The zero-order chi connectivity index (χ0) is 16.9. The molecule has 0 aliphatic heterocycles. The van der Waals surface area contributed by atoms with Gasteiger partial charge in [0.1, 0.15) is 0 Å². The van der Waals surface area contributed by atoms with E-state index in [0.717, 1.165) is 18.4 Å². The molecular formula is C18H31NO2S. The Bertz CT molecular complexity index is 475. The van der Waals surface area contributed by atoms with E-state index in [1.807, 2.05) is 52.0 Å². The standard InChI is InChI=1S/C18H31NO2S/c1-7-14(8-2)17(20)16(19-22(21)18(4,5)6)15-11-9-13(3)10-12-15/h9-12,14,16-17,19-20H,7-8H2,1-6H3/t16-,17+,22?/m0/s1. The second kappa shape index (κ2) is 8.23. The highest BCUT2D eigenvalue weighted by atomic mass is 32.2. The highest BCUT2D eigenvalue weighted by Crippen LogP contribution is 2.28. The first-order valence-electron chi connectivity index (χ1n) is 8.13. The maximum atomic E-state index is 12.5. The predicted octanol–water partition coefficient (Wildman–Crippen LogP) is 3.89. The molecule has 3 atom stereocenters. The maximum absolute atomic E-state index is 12.5. The second-order valence-electron chi connectivity index (χ2n) is 6.95. The zero-order valence-electron chi connectivity index (χ0n) is 14.7. The van der Waals surface area contributed by atoms with Crippen molar-refractivity contribution in [3.63, 3.8) is 0 Å². The molecule has 0 saturated carbocycles. The van der Waals surface area contributed by atoms with Gasteiger partial charge in [0.05, 0.1) is 27.9 Å². The zero-order valence-corrected chi connectivity index (χ0v) is 15.5. The van der Waals surface area contributed by atoms with Gasteiger partial charge >= 0.3 is 0 Å². The molecule has 3 nitrogen and oxygen atoms in total. The maximum Gasteiger partial charge on any atom is 0.0976 e. The highest BCUT2D eigenvalue weighted by molar-refractivity contribution is 7.84. The average molecular weight is 326 g/mol. The van der Waals surface area contributed by atoms with Gasteiger partial charge in [0.25, 0.3) is 0 Å². The summed E-state index contributed by atoms with van der Waals surface area (Å²) < 4.78 is 15.3. The Hall–Kier alpha value is -0.710. The lowest BCUT2D eigenvalue weighted by Gasteiger charge is -2.32. The summed E-state index contributed by atoms with van der Waals surface area (Å²) in [5, 5.41) is 10.8. The van der Waals surface area contributed by atoms with Crippen LogP contribution in [0.4, 0.5) is 0 Å². The molecule has 126 valence electrons. The largest absolute Gasteiger partial charge is 0.391 e.